The Bertz CT molecular complexity index is 2040. The third kappa shape index (κ3) is 4.76. The van der Waals surface area contributed by atoms with E-state index in [2.05, 4.69) is 146 Å². The summed E-state index contributed by atoms with van der Waals surface area (Å²) in [6, 6.07) is 54.4. The number of hydrogen-bond acceptors (Lipinski definition) is 1. The van der Waals surface area contributed by atoms with E-state index >= 15 is 0 Å². The Morgan fingerprint density at radius 1 is 0.289 bits per heavy atom. The van der Waals surface area contributed by atoms with E-state index in [0.717, 1.165) is 25.7 Å². The van der Waals surface area contributed by atoms with Crippen LogP contribution in [0.5, 0.6) is 0 Å². The van der Waals surface area contributed by atoms with Crippen molar-refractivity contribution in [3.05, 3.63) is 168 Å². The van der Waals surface area contributed by atoms with Crippen LogP contribution in [-0.2, 0) is 25.7 Å². The molecule has 6 aromatic carbocycles. The lowest BCUT2D eigenvalue weighted by Gasteiger charge is -2.20. The third-order valence-electron chi connectivity index (χ3n) is 9.76. The summed E-state index contributed by atoms with van der Waals surface area (Å²) in [6.07, 6.45) is 4.47. The normalized spacial score (nSPS) is 13.0. The van der Waals surface area contributed by atoms with Crippen molar-refractivity contribution in [2.75, 3.05) is 0 Å². The van der Waals surface area contributed by atoms with E-state index < -0.39 is 0 Å². The summed E-state index contributed by atoms with van der Waals surface area (Å²) in [6.45, 7) is 0. The highest BCUT2D eigenvalue weighted by atomic mass is 32.1. The maximum atomic E-state index is 2.40. The zero-order valence-electron chi connectivity index (χ0n) is 25.1. The molecule has 1 heteroatoms. The Morgan fingerprint density at radius 3 is 1.11 bits per heavy atom. The van der Waals surface area contributed by atoms with Crippen LogP contribution in [0, 0.1) is 0 Å². The van der Waals surface area contributed by atoms with Crippen LogP contribution < -0.4 is 0 Å². The van der Waals surface area contributed by atoms with Gasteiger partial charge >= 0.3 is 0 Å². The van der Waals surface area contributed by atoms with Crippen molar-refractivity contribution in [2.24, 2.45) is 0 Å². The van der Waals surface area contributed by atoms with Gasteiger partial charge in [0.25, 0.3) is 0 Å². The van der Waals surface area contributed by atoms with Gasteiger partial charge < -0.3 is 0 Å². The van der Waals surface area contributed by atoms with Gasteiger partial charge in [-0.1, -0.05) is 133 Å². The first-order valence-corrected chi connectivity index (χ1v) is 16.8. The van der Waals surface area contributed by atoms with Gasteiger partial charge in [0.1, 0.15) is 0 Å². The molecule has 0 saturated heterocycles. The van der Waals surface area contributed by atoms with Gasteiger partial charge in [0.05, 0.1) is 0 Å². The quantitative estimate of drug-likeness (QED) is 0.191. The summed E-state index contributed by atoms with van der Waals surface area (Å²) in [5, 5.41) is 0. The van der Waals surface area contributed by atoms with Crippen LogP contribution in [0.1, 0.15) is 22.3 Å². The molecule has 45 heavy (non-hydrogen) atoms. The molecule has 0 bridgehead atoms. The van der Waals surface area contributed by atoms with E-state index in [-0.39, 0.29) is 0 Å². The first kappa shape index (κ1) is 26.4. The summed E-state index contributed by atoms with van der Waals surface area (Å²) >= 11 is 1.87. The summed E-state index contributed by atoms with van der Waals surface area (Å²) in [4.78, 5) is 2.61. The van der Waals surface area contributed by atoms with Gasteiger partial charge in [0.2, 0.25) is 0 Å². The highest BCUT2D eigenvalue weighted by molar-refractivity contribution is 7.18. The third-order valence-corrected chi connectivity index (χ3v) is 10.9. The smallest absolute Gasteiger partial charge is 0.0349 e. The number of thiophene rings is 1. The lowest BCUT2D eigenvalue weighted by molar-refractivity contribution is 0.942. The maximum absolute atomic E-state index is 2.40. The second kappa shape index (κ2) is 10.9. The molecule has 0 atom stereocenters. The van der Waals surface area contributed by atoms with Crippen LogP contribution in [0.3, 0.4) is 0 Å². The molecular weight excluding hydrogens is 561 g/mol. The van der Waals surface area contributed by atoms with E-state index in [4.69, 9.17) is 0 Å². The molecule has 2 aliphatic carbocycles. The van der Waals surface area contributed by atoms with Crippen LogP contribution in [0.25, 0.3) is 65.4 Å². The van der Waals surface area contributed by atoms with Crippen molar-refractivity contribution in [3.63, 3.8) is 0 Å². The fourth-order valence-corrected chi connectivity index (χ4v) is 8.35. The Morgan fingerprint density at radius 2 is 0.644 bits per heavy atom. The molecule has 2 aliphatic rings. The van der Waals surface area contributed by atoms with Crippen LogP contribution in [0.2, 0.25) is 0 Å². The van der Waals surface area contributed by atoms with Crippen molar-refractivity contribution in [1.29, 1.82) is 0 Å². The van der Waals surface area contributed by atoms with E-state index in [1.54, 1.807) is 0 Å². The van der Waals surface area contributed by atoms with Crippen molar-refractivity contribution in [2.45, 2.75) is 25.7 Å². The Labute approximate surface area is 269 Å². The minimum Gasteiger partial charge on any atom is -0.135 e. The Hall–Kier alpha value is -4.98. The van der Waals surface area contributed by atoms with Gasteiger partial charge in [-0.25, -0.2) is 0 Å². The molecule has 0 nitrogen and oxygen atoms in total. The van der Waals surface area contributed by atoms with E-state index in [0.29, 0.717) is 0 Å². The number of aryl methyl sites for hydroxylation is 4. The first-order chi connectivity index (χ1) is 22.3. The van der Waals surface area contributed by atoms with Crippen molar-refractivity contribution in [1.82, 2.24) is 0 Å². The molecule has 0 spiro atoms. The van der Waals surface area contributed by atoms with Crippen LogP contribution in [-0.4, -0.2) is 0 Å². The molecular formula is C44H32S. The van der Waals surface area contributed by atoms with E-state index in [1.807, 2.05) is 11.3 Å². The topological polar surface area (TPSA) is 0 Å². The largest absolute Gasteiger partial charge is 0.135 e. The van der Waals surface area contributed by atoms with Gasteiger partial charge in [0.15, 0.2) is 0 Å². The highest BCUT2D eigenvalue weighted by Crippen LogP contribution is 2.39. The van der Waals surface area contributed by atoms with Crippen molar-refractivity contribution < 1.29 is 0 Å². The molecule has 0 unspecified atom stereocenters. The molecule has 0 saturated carbocycles. The van der Waals surface area contributed by atoms with Crippen LogP contribution >= 0.6 is 11.3 Å². The molecule has 1 aromatic heterocycles. The summed E-state index contributed by atoms with van der Waals surface area (Å²) in [7, 11) is 0. The van der Waals surface area contributed by atoms with E-state index in [9.17, 15) is 0 Å². The number of fused-ring (bicyclic) bond motifs is 6. The van der Waals surface area contributed by atoms with Gasteiger partial charge in [-0.15, -0.1) is 11.3 Å². The van der Waals surface area contributed by atoms with E-state index in [1.165, 1.54) is 87.6 Å². The van der Waals surface area contributed by atoms with Gasteiger partial charge in [-0.2, -0.15) is 0 Å². The average molecular weight is 593 g/mol. The molecule has 0 N–H and O–H groups in total. The number of benzene rings is 6. The van der Waals surface area contributed by atoms with Gasteiger partial charge in [0, 0.05) is 9.75 Å². The molecule has 9 rings (SSSR count). The number of hydrogen-bond donors (Lipinski definition) is 0. The van der Waals surface area contributed by atoms with Crippen LogP contribution in [0.4, 0.5) is 0 Å². The molecule has 7 aromatic rings. The van der Waals surface area contributed by atoms with Crippen molar-refractivity contribution >= 4 is 11.3 Å². The molecule has 0 radical (unpaired) electrons. The maximum Gasteiger partial charge on any atom is 0.0349 e. The zero-order valence-corrected chi connectivity index (χ0v) is 25.9. The van der Waals surface area contributed by atoms with Crippen LogP contribution in [0.15, 0.2) is 146 Å². The number of rotatable bonds is 4. The fraction of sp³-hybridized carbons (Fsp3) is 0.0909. The second-order valence-electron chi connectivity index (χ2n) is 12.4. The SMILES string of the molecule is c1ccc2c(c1)CCc1cc(-c3ccc(-c4ccc(-c5ccc(-c6ccc7c(c6)CCc6ccccc6-7)cc5)s4)cc3)ccc1-2. The standard InChI is InChI=1S/C44H32S/c1-3-7-39-31(5-1)13-19-37-27-35(21-23-41(37)39)29-9-15-33(16-10-29)43-25-26-44(45-43)34-17-11-30(12-18-34)36-22-24-42-38(28-36)20-14-32-6-2-4-8-40(32)42/h1-12,15-18,21-28H,13-14,19-20H2. The van der Waals surface area contributed by atoms with Crippen molar-refractivity contribution in [3.8, 4) is 65.4 Å². The zero-order chi connectivity index (χ0) is 29.7. The monoisotopic (exact) mass is 592 g/mol. The second-order valence-corrected chi connectivity index (χ2v) is 13.5. The summed E-state index contributed by atoms with van der Waals surface area (Å²) < 4.78 is 0. The van der Waals surface area contributed by atoms with Gasteiger partial charge in [-0.3, -0.25) is 0 Å². The summed E-state index contributed by atoms with van der Waals surface area (Å²) in [5.74, 6) is 0. The molecule has 0 amide bonds. The Balaban J connectivity index is 0.930. The predicted octanol–water partition coefficient (Wildman–Crippen LogP) is 11.9. The molecule has 214 valence electrons. The summed E-state index contributed by atoms with van der Waals surface area (Å²) in [5.41, 5.74) is 19.1. The first-order valence-electron chi connectivity index (χ1n) is 16.0. The predicted molar refractivity (Wildman–Crippen MR) is 192 cm³/mol. The lowest BCUT2D eigenvalue weighted by Crippen LogP contribution is -2.03. The molecule has 1 heterocycles. The molecule has 0 aliphatic heterocycles. The average Bonchev–Trinajstić information content (AvgIpc) is 3.62. The minimum absolute atomic E-state index is 1.11. The Kier molecular flexibility index (Phi) is 6.39. The highest BCUT2D eigenvalue weighted by Gasteiger charge is 2.17. The molecule has 0 fully saturated rings. The minimum atomic E-state index is 1.11. The van der Waals surface area contributed by atoms with Gasteiger partial charge in [-0.05, 0) is 116 Å². The fourth-order valence-electron chi connectivity index (χ4n) is 7.33. The lowest BCUT2D eigenvalue weighted by atomic mass is 9.84.